The molecule has 1 saturated heterocycles. The number of likely N-dealkylation sites (N-methyl/N-ethyl adjacent to an activating group) is 1. The zero-order valence-electron chi connectivity index (χ0n) is 42.7. The van der Waals surface area contributed by atoms with Gasteiger partial charge in [0.05, 0.1) is 16.7 Å². The van der Waals surface area contributed by atoms with Crippen molar-refractivity contribution >= 4 is 74.9 Å². The van der Waals surface area contributed by atoms with E-state index in [1.54, 1.807) is 36.4 Å². The molecule has 0 aliphatic carbocycles. The predicted molar refractivity (Wildman–Crippen MR) is 292 cm³/mol. The summed E-state index contributed by atoms with van der Waals surface area (Å²) < 4.78 is 105. The van der Waals surface area contributed by atoms with Gasteiger partial charge < -0.3 is 35.1 Å². The summed E-state index contributed by atoms with van der Waals surface area (Å²) in [4.78, 5) is 27.4. The van der Waals surface area contributed by atoms with Gasteiger partial charge in [0.2, 0.25) is 0 Å². The van der Waals surface area contributed by atoms with Gasteiger partial charge in [0.15, 0.2) is 8.32 Å². The van der Waals surface area contributed by atoms with Gasteiger partial charge in [-0.15, -0.1) is 11.8 Å². The van der Waals surface area contributed by atoms with E-state index in [9.17, 15) is 44.7 Å². The highest BCUT2D eigenvalue weighted by molar-refractivity contribution is 7.99. The summed E-state index contributed by atoms with van der Waals surface area (Å²) in [6.07, 6.45) is -0.560. The molecule has 0 aromatic heterocycles. The van der Waals surface area contributed by atoms with Crippen molar-refractivity contribution in [2.75, 3.05) is 55.8 Å². The Balaban J connectivity index is 1.14. The summed E-state index contributed by atoms with van der Waals surface area (Å²) in [5.41, 5.74) is -2.68. The first-order valence-corrected chi connectivity index (χ1v) is 31.6. The minimum absolute atomic E-state index is 0.0156. The van der Waals surface area contributed by atoms with Crippen LogP contribution in [0.2, 0.25) is 23.2 Å². The van der Waals surface area contributed by atoms with Crippen molar-refractivity contribution in [3.8, 4) is 11.1 Å². The third kappa shape index (κ3) is 15.7. The maximum atomic E-state index is 14.3. The van der Waals surface area contributed by atoms with Gasteiger partial charge in [-0.2, -0.15) is 13.2 Å². The predicted octanol–water partition coefficient (Wildman–Crippen LogP) is 11.1. The third-order valence-electron chi connectivity index (χ3n) is 13.8. The van der Waals surface area contributed by atoms with Gasteiger partial charge in [0.1, 0.15) is 4.90 Å². The number of carboxylic acid groups (broad SMARTS) is 1. The number of anilines is 2. The second-order valence-corrected chi connectivity index (χ2v) is 30.0. The Labute approximate surface area is 448 Å². The number of amides is 2. The Morgan fingerprint density at radius 1 is 0.893 bits per heavy atom. The lowest BCUT2D eigenvalue weighted by atomic mass is 9.83. The highest BCUT2D eigenvalue weighted by Crippen LogP contribution is 2.40. The summed E-state index contributed by atoms with van der Waals surface area (Å²) in [7, 11) is -11.2. The molecule has 0 bridgehead atoms. The van der Waals surface area contributed by atoms with E-state index in [1.165, 1.54) is 23.9 Å². The molecule has 22 heteroatoms. The fourth-order valence-corrected chi connectivity index (χ4v) is 12.4. The topological polar surface area (TPSA) is 195 Å². The van der Waals surface area contributed by atoms with Crippen LogP contribution in [0.3, 0.4) is 0 Å². The lowest BCUT2D eigenvalue weighted by Crippen LogP contribution is -2.42. The smallest absolute Gasteiger partial charge is 0.465 e. The van der Waals surface area contributed by atoms with Gasteiger partial charge in [-0.1, -0.05) is 80.9 Å². The number of sulfone groups is 1. The molecule has 75 heavy (non-hydrogen) atoms. The van der Waals surface area contributed by atoms with Crippen molar-refractivity contribution in [1.82, 2.24) is 14.9 Å². The molecule has 0 saturated carbocycles. The number of piperidine rings is 1. The second kappa shape index (κ2) is 24.9. The minimum Gasteiger partial charge on any atom is -0.465 e. The first kappa shape index (κ1) is 59.1. The molecule has 1 fully saturated rings. The van der Waals surface area contributed by atoms with Gasteiger partial charge in [-0.05, 0) is 146 Å². The van der Waals surface area contributed by atoms with Crippen LogP contribution in [-0.4, -0.2) is 109 Å². The molecular formula is C53H65ClF3N5O9S3Si. The number of aliphatic hydroxyl groups excluding tert-OH is 1. The average molecular weight is 1130 g/mol. The molecule has 5 N–H and O–H groups in total. The standard InChI is InChI=1S/C53H65ClF3N5O9S3Si/c1-52(2,3)75(5,6)71-31-30-61(4)27-26-41(35-72-43-10-8-7-9-11-43)59-47-23-21-44(33-48(47)73(67,68)53(55,56)57)74(69,70)60-50(64)39-15-19-42(20-16-39)62-28-24-38(25-29-62)49(63)46-32-36(34-58-51(65)66)12-22-45(46)37-13-17-40(54)18-14-37/h7-23,32-33,38,41,49,58-59,63H,24-31,34-35H2,1-6H3,(H,60,64)(H,65,66)/t41-,49-/m1/s1. The molecule has 2 atom stereocenters. The van der Waals surface area contributed by atoms with Gasteiger partial charge in [-0.25, -0.2) is 26.4 Å². The van der Waals surface area contributed by atoms with E-state index in [0.29, 0.717) is 85.7 Å². The molecular weight excluding hydrogens is 1070 g/mol. The second-order valence-electron chi connectivity index (χ2n) is 20.1. The van der Waals surface area contributed by atoms with Crippen LogP contribution >= 0.6 is 23.4 Å². The fraction of sp³-hybridized carbons (Fsp3) is 0.396. The molecule has 406 valence electrons. The normalized spacial score (nSPS) is 14.9. The maximum Gasteiger partial charge on any atom is 0.501 e. The molecule has 14 nitrogen and oxygen atoms in total. The van der Waals surface area contributed by atoms with Crippen LogP contribution in [0.4, 0.5) is 29.3 Å². The van der Waals surface area contributed by atoms with Crippen molar-refractivity contribution in [2.45, 2.75) is 97.1 Å². The van der Waals surface area contributed by atoms with Crippen LogP contribution in [0.1, 0.15) is 67.6 Å². The molecule has 0 unspecified atom stereocenters. The molecule has 1 aliphatic rings. The summed E-state index contributed by atoms with van der Waals surface area (Å²) in [5.74, 6) is -0.948. The van der Waals surface area contributed by atoms with Crippen molar-refractivity contribution in [1.29, 1.82) is 0 Å². The van der Waals surface area contributed by atoms with Gasteiger partial charge in [-0.3, -0.25) is 4.79 Å². The van der Waals surface area contributed by atoms with Gasteiger partial charge >= 0.3 is 11.6 Å². The molecule has 5 aromatic carbocycles. The molecule has 6 rings (SSSR count). The Morgan fingerprint density at radius 2 is 1.55 bits per heavy atom. The first-order chi connectivity index (χ1) is 35.1. The number of carbonyl (C=O) groups is 2. The number of benzene rings is 5. The molecule has 1 heterocycles. The molecule has 1 aliphatic heterocycles. The summed E-state index contributed by atoms with van der Waals surface area (Å²) in [6.45, 7) is 13.4. The fourth-order valence-electron chi connectivity index (χ4n) is 8.26. The largest absolute Gasteiger partial charge is 0.501 e. The first-order valence-electron chi connectivity index (χ1n) is 24.3. The maximum absolute atomic E-state index is 14.3. The van der Waals surface area contributed by atoms with Crippen LogP contribution in [0.15, 0.2) is 130 Å². The Morgan fingerprint density at radius 3 is 2.16 bits per heavy atom. The van der Waals surface area contributed by atoms with Crippen LogP contribution in [0.5, 0.6) is 0 Å². The van der Waals surface area contributed by atoms with Crippen LogP contribution in [-0.2, 0) is 30.8 Å². The van der Waals surface area contributed by atoms with E-state index >= 15 is 0 Å². The lowest BCUT2D eigenvalue weighted by molar-refractivity contribution is -0.0436. The Bertz CT molecular complexity index is 2980. The minimum atomic E-state index is -6.12. The highest BCUT2D eigenvalue weighted by atomic mass is 35.5. The summed E-state index contributed by atoms with van der Waals surface area (Å²) in [5, 5.41) is 26.9. The molecule has 5 aromatic rings. The van der Waals surface area contributed by atoms with Crippen molar-refractivity contribution < 1.29 is 54.2 Å². The molecule has 2 amide bonds. The highest BCUT2D eigenvalue weighted by Gasteiger charge is 2.48. The van der Waals surface area contributed by atoms with Crippen molar-refractivity contribution in [2.24, 2.45) is 5.92 Å². The number of sulfonamides is 1. The number of thioether (sulfide) groups is 1. The summed E-state index contributed by atoms with van der Waals surface area (Å²) in [6, 6.07) is 29.7. The van der Waals surface area contributed by atoms with E-state index in [4.69, 9.17) is 21.1 Å². The number of nitrogens with one attached hydrogen (secondary N) is 3. The van der Waals surface area contributed by atoms with Crippen molar-refractivity contribution in [3.05, 3.63) is 137 Å². The molecule has 0 radical (unpaired) electrons. The van der Waals surface area contributed by atoms with E-state index < -0.39 is 73.3 Å². The number of carbonyl (C=O) groups excluding carboxylic acids is 1. The summed E-state index contributed by atoms with van der Waals surface area (Å²) >= 11 is 7.56. The zero-order chi connectivity index (χ0) is 54.9. The number of hydrogen-bond donors (Lipinski definition) is 5. The molecule has 0 spiro atoms. The number of rotatable bonds is 22. The Hall–Kier alpha value is -5.13. The van der Waals surface area contributed by atoms with Gasteiger partial charge in [0, 0.05) is 65.7 Å². The van der Waals surface area contributed by atoms with E-state index in [1.807, 2.05) is 70.1 Å². The van der Waals surface area contributed by atoms with E-state index in [0.717, 1.165) is 28.2 Å². The van der Waals surface area contributed by atoms with Gasteiger partial charge in [0.25, 0.3) is 25.8 Å². The van der Waals surface area contributed by atoms with Crippen molar-refractivity contribution in [3.63, 3.8) is 0 Å². The number of hydrogen-bond acceptors (Lipinski definition) is 12. The lowest BCUT2D eigenvalue weighted by Gasteiger charge is -2.36. The number of halogens is 4. The van der Waals surface area contributed by atoms with Crippen LogP contribution in [0.25, 0.3) is 11.1 Å². The third-order valence-corrected chi connectivity index (χ3v) is 22.6. The van der Waals surface area contributed by atoms with E-state index in [2.05, 4.69) is 44.5 Å². The number of alkyl halides is 3. The quantitative estimate of drug-likeness (QED) is 0.0325. The van der Waals surface area contributed by atoms with Crippen LogP contribution < -0.4 is 20.3 Å². The zero-order valence-corrected chi connectivity index (χ0v) is 46.9. The number of nitrogens with zero attached hydrogens (tertiary/aromatic N) is 2. The SMILES string of the molecule is CN(CCO[Si](C)(C)C(C)(C)C)CC[C@H](CSc1ccccc1)Nc1ccc(S(=O)(=O)NC(=O)c2ccc(N3CCC([C@@H](O)c4cc(CNC(=O)O)ccc4-c4ccc(Cl)cc4)CC3)cc2)cc1S(=O)(=O)C(F)(F)F. The van der Waals surface area contributed by atoms with Crippen LogP contribution in [0, 0.1) is 5.92 Å². The number of aliphatic hydroxyl groups is 1. The average Bonchev–Trinajstić information content (AvgIpc) is 3.36. The monoisotopic (exact) mass is 1130 g/mol. The van der Waals surface area contributed by atoms with E-state index in [-0.39, 0.29) is 23.1 Å². The Kier molecular flexibility index (Phi) is 19.6.